The van der Waals surface area contributed by atoms with Gasteiger partial charge in [0.25, 0.3) is 0 Å². The summed E-state index contributed by atoms with van der Waals surface area (Å²) in [7, 11) is -3.30. The van der Waals surface area contributed by atoms with Gasteiger partial charge in [-0.05, 0) is 39.5 Å². The van der Waals surface area contributed by atoms with Crippen molar-refractivity contribution in [2.24, 2.45) is 5.92 Å². The van der Waals surface area contributed by atoms with Crippen LogP contribution in [0.3, 0.4) is 0 Å². The van der Waals surface area contributed by atoms with E-state index in [1.54, 1.807) is 13.8 Å². The summed E-state index contributed by atoms with van der Waals surface area (Å²) < 4.78 is 62.5. The van der Waals surface area contributed by atoms with E-state index in [1.165, 1.54) is 0 Å². The molecule has 0 bridgehead atoms. The first-order valence-electron chi connectivity index (χ1n) is 6.68. The Labute approximate surface area is 118 Å². The van der Waals surface area contributed by atoms with Gasteiger partial charge in [0.2, 0.25) is 10.0 Å². The first-order valence-corrected chi connectivity index (χ1v) is 8.57. The monoisotopic (exact) mass is 316 g/mol. The van der Waals surface area contributed by atoms with Crippen molar-refractivity contribution in [2.75, 3.05) is 12.8 Å². The van der Waals surface area contributed by atoms with E-state index < -0.39 is 27.7 Å². The van der Waals surface area contributed by atoms with Crippen molar-refractivity contribution in [3.63, 3.8) is 0 Å². The largest absolute Gasteiger partial charge is 0.391 e. The topological polar surface area (TPSA) is 58.2 Å². The molecule has 1 fully saturated rings. The van der Waals surface area contributed by atoms with Gasteiger partial charge in [-0.3, -0.25) is 0 Å². The third-order valence-corrected chi connectivity index (χ3v) is 4.41. The number of rotatable bonds is 5. The lowest BCUT2D eigenvalue weighted by atomic mass is 9.85. The van der Waals surface area contributed by atoms with Gasteiger partial charge < -0.3 is 5.32 Å². The van der Waals surface area contributed by atoms with Gasteiger partial charge in [0.1, 0.15) is 0 Å². The van der Waals surface area contributed by atoms with Crippen LogP contribution in [0.5, 0.6) is 0 Å². The zero-order valence-corrected chi connectivity index (χ0v) is 12.9. The van der Waals surface area contributed by atoms with E-state index in [0.717, 1.165) is 6.26 Å². The van der Waals surface area contributed by atoms with Crippen molar-refractivity contribution in [2.45, 2.75) is 57.3 Å². The van der Waals surface area contributed by atoms with Crippen LogP contribution in [0, 0.1) is 5.92 Å². The number of hydrogen-bond acceptors (Lipinski definition) is 3. The summed E-state index contributed by atoms with van der Waals surface area (Å²) in [6, 6.07) is 0.0224. The molecule has 0 spiro atoms. The molecule has 0 aliphatic heterocycles. The molecule has 0 aromatic rings. The van der Waals surface area contributed by atoms with E-state index in [1.807, 2.05) is 0 Å². The number of nitrogens with one attached hydrogen (secondary N) is 2. The van der Waals surface area contributed by atoms with Crippen LogP contribution >= 0.6 is 0 Å². The van der Waals surface area contributed by atoms with E-state index in [-0.39, 0.29) is 18.9 Å². The van der Waals surface area contributed by atoms with Crippen molar-refractivity contribution in [1.29, 1.82) is 0 Å². The summed E-state index contributed by atoms with van der Waals surface area (Å²) in [5.41, 5.74) is -0.658. The maximum atomic E-state index is 12.5. The predicted molar refractivity (Wildman–Crippen MR) is 71.9 cm³/mol. The molecule has 0 aromatic heterocycles. The first-order chi connectivity index (χ1) is 8.89. The summed E-state index contributed by atoms with van der Waals surface area (Å²) >= 11 is 0. The zero-order chi connectivity index (χ0) is 15.6. The summed E-state index contributed by atoms with van der Waals surface area (Å²) in [4.78, 5) is 0. The molecule has 0 aromatic carbocycles. The Hall–Kier alpha value is -0.340. The summed E-state index contributed by atoms with van der Waals surface area (Å²) in [5.74, 6) is -1.19. The molecule has 0 unspecified atom stereocenters. The minimum Gasteiger partial charge on any atom is -0.312 e. The molecule has 120 valence electrons. The quantitative estimate of drug-likeness (QED) is 0.816. The fourth-order valence-corrected chi connectivity index (χ4v) is 3.64. The normalized spacial score (nSPS) is 25.7. The lowest BCUT2D eigenvalue weighted by Crippen LogP contribution is -2.52. The number of alkyl halides is 3. The molecule has 0 heterocycles. The Morgan fingerprint density at radius 1 is 1.10 bits per heavy atom. The Kier molecular flexibility index (Phi) is 5.48. The fourth-order valence-electron chi connectivity index (χ4n) is 2.56. The summed E-state index contributed by atoms with van der Waals surface area (Å²) in [5, 5.41) is 3.16. The number of halogens is 3. The van der Waals surface area contributed by atoms with E-state index in [2.05, 4.69) is 10.0 Å². The third kappa shape index (κ3) is 6.41. The fraction of sp³-hybridized carbons (Fsp3) is 1.00. The second-order valence-corrected chi connectivity index (χ2v) is 7.98. The maximum Gasteiger partial charge on any atom is 0.391 e. The second kappa shape index (κ2) is 6.19. The average molecular weight is 316 g/mol. The van der Waals surface area contributed by atoms with Gasteiger partial charge >= 0.3 is 6.18 Å². The van der Waals surface area contributed by atoms with Crippen molar-refractivity contribution >= 4 is 10.0 Å². The van der Waals surface area contributed by atoms with Crippen LogP contribution in [-0.4, -0.2) is 39.0 Å². The minimum absolute atomic E-state index is 0.0224. The highest BCUT2D eigenvalue weighted by molar-refractivity contribution is 7.88. The SMILES string of the molecule is CC(C)(CNC1CCC(C(F)(F)F)CC1)NS(C)(=O)=O. The van der Waals surface area contributed by atoms with Crippen LogP contribution in [0.1, 0.15) is 39.5 Å². The van der Waals surface area contributed by atoms with E-state index in [0.29, 0.717) is 19.4 Å². The Morgan fingerprint density at radius 3 is 2.00 bits per heavy atom. The van der Waals surface area contributed by atoms with Crippen LogP contribution in [0.2, 0.25) is 0 Å². The highest BCUT2D eigenvalue weighted by Crippen LogP contribution is 2.37. The van der Waals surface area contributed by atoms with E-state index in [4.69, 9.17) is 0 Å². The molecule has 2 N–H and O–H groups in total. The number of hydrogen-bond donors (Lipinski definition) is 2. The van der Waals surface area contributed by atoms with Gasteiger partial charge in [-0.1, -0.05) is 0 Å². The number of sulfonamides is 1. The molecule has 0 saturated heterocycles. The molecule has 0 radical (unpaired) electrons. The standard InChI is InChI=1S/C12H23F3N2O2S/c1-11(2,17-20(3,18)19)8-16-10-6-4-9(5-7-10)12(13,14)15/h9-10,16-17H,4-8H2,1-3H3. The van der Waals surface area contributed by atoms with Gasteiger partial charge in [-0.25, -0.2) is 13.1 Å². The molecule has 1 aliphatic carbocycles. The lowest BCUT2D eigenvalue weighted by Gasteiger charge is -2.33. The molecule has 0 amide bonds. The van der Waals surface area contributed by atoms with Crippen molar-refractivity contribution in [3.8, 4) is 0 Å². The minimum atomic E-state index is -4.10. The Morgan fingerprint density at radius 2 is 1.60 bits per heavy atom. The van der Waals surface area contributed by atoms with Crippen LogP contribution in [0.15, 0.2) is 0 Å². The molecule has 8 heteroatoms. The zero-order valence-electron chi connectivity index (χ0n) is 12.0. The highest BCUT2D eigenvalue weighted by atomic mass is 32.2. The van der Waals surface area contributed by atoms with E-state index >= 15 is 0 Å². The van der Waals surface area contributed by atoms with Crippen LogP contribution in [0.25, 0.3) is 0 Å². The molecule has 1 rings (SSSR count). The van der Waals surface area contributed by atoms with Crippen molar-refractivity contribution in [1.82, 2.24) is 10.0 Å². The van der Waals surface area contributed by atoms with Gasteiger partial charge in [-0.2, -0.15) is 13.2 Å². The smallest absolute Gasteiger partial charge is 0.312 e. The van der Waals surface area contributed by atoms with E-state index in [9.17, 15) is 21.6 Å². The lowest BCUT2D eigenvalue weighted by molar-refractivity contribution is -0.182. The highest BCUT2D eigenvalue weighted by Gasteiger charge is 2.41. The average Bonchev–Trinajstić information content (AvgIpc) is 2.22. The van der Waals surface area contributed by atoms with Crippen LogP contribution < -0.4 is 10.0 Å². The molecular formula is C12H23F3N2O2S. The molecule has 0 atom stereocenters. The summed E-state index contributed by atoms with van der Waals surface area (Å²) in [6.45, 7) is 3.87. The molecule has 1 aliphatic rings. The van der Waals surface area contributed by atoms with Gasteiger partial charge in [0, 0.05) is 18.1 Å². The first kappa shape index (κ1) is 17.7. The van der Waals surface area contributed by atoms with Crippen molar-refractivity contribution < 1.29 is 21.6 Å². The molecule has 1 saturated carbocycles. The van der Waals surface area contributed by atoms with Gasteiger partial charge in [0.15, 0.2) is 0 Å². The Bertz CT molecular complexity index is 413. The van der Waals surface area contributed by atoms with Crippen LogP contribution in [0.4, 0.5) is 13.2 Å². The Balaban J connectivity index is 2.38. The summed E-state index contributed by atoms with van der Waals surface area (Å²) in [6.07, 6.45) is -1.79. The molecule has 4 nitrogen and oxygen atoms in total. The molecular weight excluding hydrogens is 293 g/mol. The van der Waals surface area contributed by atoms with Gasteiger partial charge in [0.05, 0.1) is 12.2 Å². The maximum absolute atomic E-state index is 12.5. The van der Waals surface area contributed by atoms with Crippen molar-refractivity contribution in [3.05, 3.63) is 0 Å². The molecule has 20 heavy (non-hydrogen) atoms. The van der Waals surface area contributed by atoms with Gasteiger partial charge in [-0.15, -0.1) is 0 Å². The second-order valence-electron chi connectivity index (χ2n) is 6.23. The third-order valence-electron chi connectivity index (χ3n) is 3.48. The predicted octanol–water partition coefficient (Wildman–Crippen LogP) is 2.02. The van der Waals surface area contributed by atoms with Crippen LogP contribution in [-0.2, 0) is 10.0 Å².